The molecule has 0 spiro atoms. The van der Waals surface area contributed by atoms with Crippen molar-refractivity contribution in [3.63, 3.8) is 0 Å². The maximum atomic E-state index is 11.5. The fraction of sp³-hybridized carbons (Fsp3) is 0.214. The lowest BCUT2D eigenvalue weighted by molar-refractivity contribution is 0.0696. The summed E-state index contributed by atoms with van der Waals surface area (Å²) in [4.78, 5) is 15.5. The zero-order valence-corrected chi connectivity index (χ0v) is 12.4. The Bertz CT molecular complexity index is 722. The molecule has 0 saturated carbocycles. The van der Waals surface area contributed by atoms with Crippen LogP contribution in [0.2, 0.25) is 0 Å². The normalized spacial score (nSPS) is 11.7. The molecular weight excluding hydrogens is 292 g/mol. The number of nitrogens with two attached hydrogens (primary N) is 1. The molecule has 0 atom stereocenters. The van der Waals surface area contributed by atoms with Crippen LogP contribution in [-0.4, -0.2) is 32.6 Å². The van der Waals surface area contributed by atoms with Crippen LogP contribution in [0.4, 0.5) is 5.69 Å². The van der Waals surface area contributed by atoms with Crippen molar-refractivity contribution in [2.45, 2.75) is 13.8 Å². The van der Waals surface area contributed by atoms with E-state index < -0.39 is 5.97 Å². The van der Waals surface area contributed by atoms with Crippen molar-refractivity contribution in [2.24, 2.45) is 10.7 Å². The maximum Gasteiger partial charge on any atom is 0.337 e. The molecule has 2 aromatic rings. The van der Waals surface area contributed by atoms with Crippen molar-refractivity contribution in [1.82, 2.24) is 9.78 Å². The molecule has 0 aliphatic rings. The number of benzene rings is 1. The molecule has 6 nitrogen and oxygen atoms in total. The number of amidine groups is 1. The molecule has 0 aliphatic carbocycles. The summed E-state index contributed by atoms with van der Waals surface area (Å²) < 4.78 is 1.59. The van der Waals surface area contributed by atoms with Crippen LogP contribution < -0.4 is 5.73 Å². The van der Waals surface area contributed by atoms with Crippen molar-refractivity contribution in [3.05, 3.63) is 41.2 Å². The van der Waals surface area contributed by atoms with E-state index in [0.717, 1.165) is 11.4 Å². The van der Waals surface area contributed by atoms with Gasteiger partial charge in [-0.3, -0.25) is 0 Å². The van der Waals surface area contributed by atoms with E-state index in [1.165, 1.54) is 6.07 Å². The van der Waals surface area contributed by atoms with Crippen LogP contribution in [0.5, 0.6) is 0 Å². The van der Waals surface area contributed by atoms with Gasteiger partial charge in [0.2, 0.25) is 0 Å². The third-order valence-corrected chi connectivity index (χ3v) is 3.13. The summed E-state index contributed by atoms with van der Waals surface area (Å²) in [6.45, 7) is 3.72. The Kier molecular flexibility index (Phi) is 4.28. The number of hydrogen-bond acceptors (Lipinski definition) is 3. The summed E-state index contributed by atoms with van der Waals surface area (Å²) in [6.07, 6.45) is 0. The Morgan fingerprint density at radius 2 is 2.14 bits per heavy atom. The number of aliphatic imine (C=N–C) groups is 1. The molecule has 1 aromatic heterocycles. The van der Waals surface area contributed by atoms with E-state index in [1.807, 2.05) is 19.9 Å². The Balaban J connectivity index is 2.58. The van der Waals surface area contributed by atoms with Crippen LogP contribution in [0.3, 0.4) is 0 Å². The summed E-state index contributed by atoms with van der Waals surface area (Å²) in [5.41, 5.74) is 8.26. The van der Waals surface area contributed by atoms with Crippen molar-refractivity contribution in [3.8, 4) is 5.69 Å². The number of aromatic nitrogens is 2. The van der Waals surface area contributed by atoms with Gasteiger partial charge in [0.05, 0.1) is 28.5 Å². The molecule has 0 amide bonds. The smallest absolute Gasteiger partial charge is 0.337 e. The molecule has 1 heterocycles. The zero-order valence-electron chi connectivity index (χ0n) is 11.7. The Labute approximate surface area is 126 Å². The number of aryl methyl sites for hydroxylation is 2. The second-order valence-corrected chi connectivity index (χ2v) is 4.85. The number of aromatic carboxylic acids is 1. The summed E-state index contributed by atoms with van der Waals surface area (Å²) in [7, 11) is 0. The van der Waals surface area contributed by atoms with Crippen LogP contribution >= 0.6 is 11.6 Å². The third-order valence-electron chi connectivity index (χ3n) is 2.86. The highest BCUT2D eigenvalue weighted by atomic mass is 35.5. The van der Waals surface area contributed by atoms with E-state index in [1.54, 1.807) is 16.8 Å². The van der Waals surface area contributed by atoms with Gasteiger partial charge in [-0.15, -0.1) is 11.6 Å². The Hall–Kier alpha value is -2.34. The van der Waals surface area contributed by atoms with Crippen molar-refractivity contribution >= 4 is 29.1 Å². The van der Waals surface area contributed by atoms with Crippen molar-refractivity contribution in [1.29, 1.82) is 0 Å². The molecule has 1 aromatic carbocycles. The van der Waals surface area contributed by atoms with Crippen molar-refractivity contribution in [2.75, 3.05) is 5.88 Å². The Morgan fingerprint density at radius 3 is 2.67 bits per heavy atom. The van der Waals surface area contributed by atoms with Crippen molar-refractivity contribution < 1.29 is 9.90 Å². The second kappa shape index (κ2) is 5.97. The lowest BCUT2D eigenvalue weighted by Gasteiger charge is -2.09. The average Bonchev–Trinajstić information content (AvgIpc) is 2.77. The van der Waals surface area contributed by atoms with E-state index in [-0.39, 0.29) is 17.3 Å². The largest absolute Gasteiger partial charge is 0.478 e. The molecule has 21 heavy (non-hydrogen) atoms. The lowest BCUT2D eigenvalue weighted by Crippen LogP contribution is -2.12. The fourth-order valence-electron chi connectivity index (χ4n) is 2.02. The maximum absolute atomic E-state index is 11.5. The molecule has 0 saturated heterocycles. The molecule has 0 radical (unpaired) electrons. The van der Waals surface area contributed by atoms with Gasteiger partial charge in [-0.1, -0.05) is 0 Å². The SMILES string of the molecule is Cc1cc(C)n(-c2ccc(N=C(N)CCl)cc2C(=O)O)n1. The van der Waals surface area contributed by atoms with Gasteiger partial charge in [0.15, 0.2) is 0 Å². The van der Waals surface area contributed by atoms with E-state index in [9.17, 15) is 9.90 Å². The average molecular weight is 307 g/mol. The van der Waals surface area contributed by atoms with Gasteiger partial charge >= 0.3 is 5.97 Å². The number of carboxylic acid groups (broad SMARTS) is 1. The first kappa shape index (κ1) is 15.1. The second-order valence-electron chi connectivity index (χ2n) is 4.58. The number of carboxylic acids is 1. The molecule has 0 aliphatic heterocycles. The van der Waals surface area contributed by atoms with Crippen LogP contribution in [0.1, 0.15) is 21.7 Å². The molecule has 3 N–H and O–H groups in total. The third kappa shape index (κ3) is 3.22. The fourth-order valence-corrected chi connectivity index (χ4v) is 2.08. The van der Waals surface area contributed by atoms with Crippen LogP contribution in [0, 0.1) is 13.8 Å². The molecule has 110 valence electrons. The summed E-state index contributed by atoms with van der Waals surface area (Å²) in [5, 5.41) is 13.7. The number of rotatable bonds is 4. The van der Waals surface area contributed by atoms with Gasteiger partial charge in [-0.2, -0.15) is 5.10 Å². The Morgan fingerprint density at radius 1 is 1.43 bits per heavy atom. The first-order chi connectivity index (χ1) is 9.92. The van der Waals surface area contributed by atoms with E-state index in [2.05, 4.69) is 10.1 Å². The molecule has 0 unspecified atom stereocenters. The minimum atomic E-state index is -1.06. The van der Waals surface area contributed by atoms with Gasteiger partial charge in [0.1, 0.15) is 5.84 Å². The number of hydrogen-bond donors (Lipinski definition) is 2. The highest BCUT2D eigenvalue weighted by Gasteiger charge is 2.15. The van der Waals surface area contributed by atoms with E-state index in [4.69, 9.17) is 17.3 Å². The monoisotopic (exact) mass is 306 g/mol. The summed E-state index contributed by atoms with van der Waals surface area (Å²) in [6, 6.07) is 6.66. The highest BCUT2D eigenvalue weighted by molar-refractivity contribution is 6.28. The van der Waals surface area contributed by atoms with E-state index >= 15 is 0 Å². The summed E-state index contributed by atoms with van der Waals surface area (Å²) >= 11 is 5.57. The van der Waals surface area contributed by atoms with Gasteiger partial charge in [0, 0.05) is 5.69 Å². The molecular formula is C14H15ClN4O2. The summed E-state index contributed by atoms with van der Waals surface area (Å²) in [5.74, 6) is -0.743. The molecule has 2 rings (SSSR count). The number of halogens is 1. The topological polar surface area (TPSA) is 93.5 Å². The zero-order chi connectivity index (χ0) is 15.6. The number of alkyl halides is 1. The standard InChI is InChI=1S/C14H15ClN4O2/c1-8-5-9(2)19(18-8)12-4-3-10(17-13(16)7-15)6-11(12)14(20)21/h3-6H,7H2,1-2H3,(H2,16,17)(H,20,21). The van der Waals surface area contributed by atoms with Gasteiger partial charge < -0.3 is 10.8 Å². The van der Waals surface area contributed by atoms with Gasteiger partial charge in [-0.05, 0) is 38.1 Å². The van der Waals surface area contributed by atoms with Crippen LogP contribution in [0.25, 0.3) is 5.69 Å². The molecule has 7 heteroatoms. The molecule has 0 bridgehead atoms. The minimum absolute atomic E-state index is 0.0849. The predicted molar refractivity (Wildman–Crippen MR) is 82.0 cm³/mol. The first-order valence-corrected chi connectivity index (χ1v) is 6.76. The minimum Gasteiger partial charge on any atom is -0.478 e. The van der Waals surface area contributed by atoms with Crippen LogP contribution in [-0.2, 0) is 0 Å². The van der Waals surface area contributed by atoms with Gasteiger partial charge in [0.25, 0.3) is 0 Å². The lowest BCUT2D eigenvalue weighted by atomic mass is 10.1. The number of nitrogens with zero attached hydrogens (tertiary/aromatic N) is 3. The quantitative estimate of drug-likeness (QED) is 0.515. The highest BCUT2D eigenvalue weighted by Crippen LogP contribution is 2.23. The number of carbonyl (C=O) groups is 1. The van der Waals surface area contributed by atoms with E-state index in [0.29, 0.717) is 11.4 Å². The predicted octanol–water partition coefficient (Wildman–Crippen LogP) is 2.41. The molecule has 0 fully saturated rings. The first-order valence-electron chi connectivity index (χ1n) is 6.22. The van der Waals surface area contributed by atoms with Gasteiger partial charge in [-0.25, -0.2) is 14.5 Å². The van der Waals surface area contributed by atoms with Crippen LogP contribution in [0.15, 0.2) is 29.3 Å².